The fourth-order valence-electron chi connectivity index (χ4n) is 2.82. The number of hydrogen-bond donors (Lipinski definition) is 0. The van der Waals surface area contributed by atoms with Crippen LogP contribution in [-0.4, -0.2) is 19.2 Å². The molecule has 136 valence electrons. The molecule has 1 amide bonds. The van der Waals surface area contributed by atoms with Crippen molar-refractivity contribution in [1.29, 1.82) is 0 Å². The highest BCUT2D eigenvalue weighted by atomic mass is 16.5. The van der Waals surface area contributed by atoms with Gasteiger partial charge < -0.3 is 4.74 Å². The van der Waals surface area contributed by atoms with Gasteiger partial charge in [-0.05, 0) is 55.3 Å². The molecule has 0 fully saturated rings. The van der Waals surface area contributed by atoms with E-state index in [0.717, 1.165) is 28.1 Å². The molecule has 0 unspecified atom stereocenters. The third-order valence-electron chi connectivity index (χ3n) is 4.21. The minimum Gasteiger partial charge on any atom is -0.497 e. The van der Waals surface area contributed by atoms with Crippen molar-refractivity contribution in [2.75, 3.05) is 12.1 Å². The van der Waals surface area contributed by atoms with Crippen molar-refractivity contribution in [3.63, 3.8) is 0 Å². The molecule has 27 heavy (non-hydrogen) atoms. The van der Waals surface area contributed by atoms with E-state index in [1.54, 1.807) is 25.5 Å². The minimum absolute atomic E-state index is 0.179. The molecule has 0 N–H and O–H groups in total. The Labute approximate surface area is 159 Å². The summed E-state index contributed by atoms with van der Waals surface area (Å²) in [6, 6.07) is 22.7. The molecular formula is C23H22N2O2. The summed E-state index contributed by atoms with van der Waals surface area (Å²) in [5.41, 5.74) is 4.32. The van der Waals surface area contributed by atoms with Crippen LogP contribution in [0, 0.1) is 13.8 Å². The van der Waals surface area contributed by atoms with Crippen LogP contribution < -0.4 is 9.75 Å². The van der Waals surface area contributed by atoms with Gasteiger partial charge in [0.1, 0.15) is 5.75 Å². The van der Waals surface area contributed by atoms with E-state index in [4.69, 9.17) is 4.74 Å². The van der Waals surface area contributed by atoms with Crippen LogP contribution in [0.1, 0.15) is 27.0 Å². The van der Waals surface area contributed by atoms with Gasteiger partial charge >= 0.3 is 0 Å². The normalized spacial score (nSPS) is 10.8. The lowest BCUT2D eigenvalue weighted by Gasteiger charge is -2.20. The number of anilines is 1. The smallest absolute Gasteiger partial charge is 0.278 e. The summed E-state index contributed by atoms with van der Waals surface area (Å²) in [6.45, 7) is 4.01. The van der Waals surface area contributed by atoms with Gasteiger partial charge in [-0.15, -0.1) is 0 Å². The average molecular weight is 358 g/mol. The Morgan fingerprint density at radius 2 is 1.74 bits per heavy atom. The van der Waals surface area contributed by atoms with Crippen molar-refractivity contribution >= 4 is 17.8 Å². The molecular weight excluding hydrogens is 336 g/mol. The Hall–Kier alpha value is -3.40. The Bertz CT molecular complexity index is 965. The summed E-state index contributed by atoms with van der Waals surface area (Å²) in [5.74, 6) is 0.563. The number of amides is 1. The van der Waals surface area contributed by atoms with Gasteiger partial charge in [0.05, 0.1) is 19.0 Å². The standard InChI is InChI=1S/C23H22N2O2/c1-17-12-13-22(18(2)14-17)25(23(26)20-9-5-4-6-10-20)24-16-19-8-7-11-21(15-19)27-3/h4-16H,1-3H3. The number of nitrogens with zero attached hydrogens (tertiary/aromatic N) is 2. The maximum absolute atomic E-state index is 13.1. The minimum atomic E-state index is -0.179. The third-order valence-corrected chi connectivity index (χ3v) is 4.21. The summed E-state index contributed by atoms with van der Waals surface area (Å²) < 4.78 is 5.25. The number of hydrogen-bond acceptors (Lipinski definition) is 3. The second-order valence-electron chi connectivity index (χ2n) is 6.29. The van der Waals surface area contributed by atoms with E-state index >= 15 is 0 Å². The van der Waals surface area contributed by atoms with Crippen LogP contribution in [0.2, 0.25) is 0 Å². The first-order valence-corrected chi connectivity index (χ1v) is 8.73. The second-order valence-corrected chi connectivity index (χ2v) is 6.29. The molecule has 0 saturated carbocycles. The molecule has 0 aliphatic rings. The van der Waals surface area contributed by atoms with Crippen LogP contribution in [0.25, 0.3) is 0 Å². The fourth-order valence-corrected chi connectivity index (χ4v) is 2.82. The lowest BCUT2D eigenvalue weighted by molar-refractivity contribution is 0.0987. The third kappa shape index (κ3) is 4.42. The SMILES string of the molecule is COc1cccc(C=NN(C(=O)c2ccccc2)c2ccc(C)cc2C)c1. The molecule has 0 bridgehead atoms. The van der Waals surface area contributed by atoms with E-state index in [2.05, 4.69) is 5.10 Å². The predicted molar refractivity (Wildman–Crippen MR) is 110 cm³/mol. The van der Waals surface area contributed by atoms with Crippen LogP contribution in [0.4, 0.5) is 5.69 Å². The van der Waals surface area contributed by atoms with Gasteiger partial charge in [0.25, 0.3) is 5.91 Å². The van der Waals surface area contributed by atoms with E-state index in [9.17, 15) is 4.79 Å². The van der Waals surface area contributed by atoms with Crippen LogP contribution in [0.5, 0.6) is 5.75 Å². The number of hydrazone groups is 1. The average Bonchev–Trinajstić information content (AvgIpc) is 2.70. The molecule has 0 spiro atoms. The Balaban J connectivity index is 2.01. The van der Waals surface area contributed by atoms with Crippen LogP contribution in [-0.2, 0) is 0 Å². The highest BCUT2D eigenvalue weighted by Crippen LogP contribution is 2.24. The Morgan fingerprint density at radius 3 is 2.44 bits per heavy atom. The molecule has 4 heteroatoms. The predicted octanol–water partition coefficient (Wildman–Crippen LogP) is 4.99. The van der Waals surface area contributed by atoms with E-state index in [0.29, 0.717) is 5.56 Å². The number of rotatable bonds is 5. The summed E-state index contributed by atoms with van der Waals surface area (Å²) in [6.07, 6.45) is 1.67. The molecule has 0 heterocycles. The van der Waals surface area contributed by atoms with Crippen molar-refractivity contribution in [3.8, 4) is 5.75 Å². The largest absolute Gasteiger partial charge is 0.497 e. The number of methoxy groups -OCH3 is 1. The summed E-state index contributed by atoms with van der Waals surface area (Å²) in [5, 5.41) is 5.96. The van der Waals surface area contributed by atoms with E-state index < -0.39 is 0 Å². The van der Waals surface area contributed by atoms with Gasteiger partial charge in [-0.25, -0.2) is 0 Å². The number of aryl methyl sites for hydroxylation is 2. The van der Waals surface area contributed by atoms with Crippen molar-refractivity contribution in [2.45, 2.75) is 13.8 Å². The first-order valence-electron chi connectivity index (χ1n) is 8.73. The molecule has 0 atom stereocenters. The number of benzene rings is 3. The van der Waals surface area contributed by atoms with Crippen LogP contribution in [0.15, 0.2) is 77.9 Å². The fraction of sp³-hybridized carbons (Fsp3) is 0.130. The zero-order chi connectivity index (χ0) is 19.2. The highest BCUT2D eigenvalue weighted by Gasteiger charge is 2.18. The van der Waals surface area contributed by atoms with Gasteiger partial charge in [-0.2, -0.15) is 10.1 Å². The van der Waals surface area contributed by atoms with Gasteiger partial charge in [-0.3, -0.25) is 4.79 Å². The van der Waals surface area contributed by atoms with Crippen LogP contribution >= 0.6 is 0 Å². The Morgan fingerprint density at radius 1 is 0.963 bits per heavy atom. The monoisotopic (exact) mass is 358 g/mol. The number of carbonyl (C=O) groups excluding carboxylic acids is 1. The first-order chi connectivity index (χ1) is 13.1. The first kappa shape index (κ1) is 18.4. The van der Waals surface area contributed by atoms with Gasteiger partial charge in [0.2, 0.25) is 0 Å². The molecule has 3 aromatic rings. The molecule has 3 aromatic carbocycles. The molecule has 0 aliphatic carbocycles. The summed E-state index contributed by atoms with van der Waals surface area (Å²) in [4.78, 5) is 13.1. The van der Waals surface area contributed by atoms with Crippen molar-refractivity contribution in [1.82, 2.24) is 0 Å². The topological polar surface area (TPSA) is 41.9 Å². The van der Waals surface area contributed by atoms with E-state index in [1.807, 2.05) is 74.5 Å². The van der Waals surface area contributed by atoms with Crippen molar-refractivity contribution in [3.05, 3.63) is 95.1 Å². The van der Waals surface area contributed by atoms with Gasteiger partial charge in [0, 0.05) is 5.56 Å². The number of ether oxygens (including phenoxy) is 1. The molecule has 4 nitrogen and oxygen atoms in total. The van der Waals surface area contributed by atoms with E-state index in [-0.39, 0.29) is 5.91 Å². The Kier molecular flexibility index (Phi) is 5.67. The van der Waals surface area contributed by atoms with Crippen molar-refractivity contribution in [2.24, 2.45) is 5.10 Å². The lowest BCUT2D eigenvalue weighted by Crippen LogP contribution is -2.26. The van der Waals surface area contributed by atoms with Crippen LogP contribution in [0.3, 0.4) is 0 Å². The zero-order valence-corrected chi connectivity index (χ0v) is 15.7. The molecule has 0 aromatic heterocycles. The molecule has 3 rings (SSSR count). The van der Waals surface area contributed by atoms with Gasteiger partial charge in [0.15, 0.2) is 0 Å². The molecule has 0 saturated heterocycles. The number of carbonyl (C=O) groups is 1. The maximum atomic E-state index is 13.1. The summed E-state index contributed by atoms with van der Waals surface area (Å²) in [7, 11) is 1.62. The van der Waals surface area contributed by atoms with Gasteiger partial charge in [-0.1, -0.05) is 48.0 Å². The molecule has 0 aliphatic heterocycles. The quantitative estimate of drug-likeness (QED) is 0.476. The molecule has 0 radical (unpaired) electrons. The summed E-state index contributed by atoms with van der Waals surface area (Å²) >= 11 is 0. The highest BCUT2D eigenvalue weighted by molar-refractivity contribution is 6.07. The zero-order valence-electron chi connectivity index (χ0n) is 15.7. The maximum Gasteiger partial charge on any atom is 0.278 e. The van der Waals surface area contributed by atoms with E-state index in [1.165, 1.54) is 5.01 Å². The second kappa shape index (κ2) is 8.32. The lowest BCUT2D eigenvalue weighted by atomic mass is 10.1. The van der Waals surface area contributed by atoms with Crippen molar-refractivity contribution < 1.29 is 9.53 Å².